The summed E-state index contributed by atoms with van der Waals surface area (Å²) in [6, 6.07) is 2.56. The van der Waals surface area contributed by atoms with Crippen LogP contribution in [0.5, 0.6) is 0 Å². The summed E-state index contributed by atoms with van der Waals surface area (Å²) < 4.78 is 0. The first-order valence-electron chi connectivity index (χ1n) is 23.5. The van der Waals surface area contributed by atoms with Gasteiger partial charge in [0.2, 0.25) is 29.5 Å². The van der Waals surface area contributed by atoms with Crippen LogP contribution in [0.3, 0.4) is 0 Å². The highest BCUT2D eigenvalue weighted by Crippen LogP contribution is 2.41. The number of guanidine groups is 2. The third-order valence-corrected chi connectivity index (χ3v) is 12.8. The van der Waals surface area contributed by atoms with Crippen molar-refractivity contribution in [1.29, 1.82) is 0 Å². The maximum absolute atomic E-state index is 14.4. The largest absolute Gasteiger partial charge is 0.480 e. The molecule has 15 N–H and O–H groups in total. The highest BCUT2D eigenvalue weighted by atomic mass is 16.4. The van der Waals surface area contributed by atoms with E-state index in [1.807, 2.05) is 24.3 Å². The number of hydrogen-bond acceptors (Lipinski definition) is 10. The Hall–Kier alpha value is -5.50. The van der Waals surface area contributed by atoms with E-state index < -0.39 is 54.6 Å². The average molecular weight is 911 g/mol. The maximum Gasteiger partial charge on any atom is 0.326 e. The Balaban J connectivity index is 1.16. The standard InChI is InChI=1S/C45H74N12O8/c46-32(18-13-23-52-44(47)48)39(60)55-33(19-14-24-53-45(49)50)40(61)51-22-12-6-4-2-1-3-5-7-21-38(59)54-34(28-58)41(62)56-27-31-17-9-8-15-29(31)25-36(56)42(63)57-35-20-11-10-16-30(35)26-37(57)43(64)65/h8-9,15,17,30,32-37,58H,1-7,10-14,16,18-28,46H2,(H,51,61)(H,54,59)(H,55,60)(H,64,65)(H4,47,48,52)(H4,49,50,53)/t30-,32+,33-,34-,35-,36+,37?/m0/s1. The fourth-order valence-electron chi connectivity index (χ4n) is 9.30. The Labute approximate surface area is 382 Å². The number of carboxylic acid groups (broad SMARTS) is 1. The van der Waals surface area contributed by atoms with Crippen molar-refractivity contribution in [3.8, 4) is 0 Å². The van der Waals surface area contributed by atoms with Gasteiger partial charge >= 0.3 is 5.97 Å². The van der Waals surface area contributed by atoms with E-state index in [0.29, 0.717) is 58.2 Å². The summed E-state index contributed by atoms with van der Waals surface area (Å²) in [5.41, 5.74) is 29.3. The van der Waals surface area contributed by atoms with E-state index in [9.17, 15) is 39.0 Å². The second-order valence-corrected chi connectivity index (χ2v) is 17.6. The number of aliphatic hydroxyl groups excluding tert-OH is 1. The number of nitrogens with two attached hydrogens (primary N) is 5. The van der Waals surface area contributed by atoms with Crippen LogP contribution in [0.25, 0.3) is 0 Å². The van der Waals surface area contributed by atoms with E-state index in [1.54, 1.807) is 0 Å². The molecule has 0 aromatic heterocycles. The number of unbranched alkanes of at least 4 members (excludes halogenated alkanes) is 7. The van der Waals surface area contributed by atoms with Crippen LogP contribution in [-0.4, -0.2) is 130 Å². The van der Waals surface area contributed by atoms with Crippen LogP contribution in [0.15, 0.2) is 34.3 Å². The van der Waals surface area contributed by atoms with Crippen LogP contribution in [0.4, 0.5) is 0 Å². The van der Waals surface area contributed by atoms with Gasteiger partial charge in [-0.1, -0.05) is 75.6 Å². The molecule has 4 rings (SSSR count). The molecular formula is C45H74N12O8. The Kier molecular flexibility index (Phi) is 21.7. The van der Waals surface area contributed by atoms with E-state index >= 15 is 0 Å². The Bertz CT molecular complexity index is 1800. The molecule has 0 radical (unpaired) electrons. The lowest BCUT2D eigenvalue weighted by molar-refractivity contribution is -0.156. The summed E-state index contributed by atoms with van der Waals surface area (Å²) in [5.74, 6) is -3.10. The van der Waals surface area contributed by atoms with Gasteiger partial charge in [0.1, 0.15) is 24.2 Å². The molecule has 20 heteroatoms. The highest BCUT2D eigenvalue weighted by Gasteiger charge is 2.51. The topological polar surface area (TPSA) is 340 Å². The predicted octanol–water partition coefficient (Wildman–Crippen LogP) is 0.208. The molecule has 5 amide bonds. The maximum atomic E-state index is 14.4. The van der Waals surface area contributed by atoms with Crippen LogP contribution in [-0.2, 0) is 41.7 Å². The molecule has 7 atom stereocenters. The van der Waals surface area contributed by atoms with Crippen LogP contribution >= 0.6 is 0 Å². The number of likely N-dealkylation sites (tertiary alicyclic amines) is 1. The van der Waals surface area contributed by atoms with Gasteiger partial charge in [0.05, 0.1) is 12.6 Å². The number of aliphatic carboxylic acids is 1. The van der Waals surface area contributed by atoms with Crippen LogP contribution in [0.1, 0.15) is 127 Å². The molecule has 1 aromatic carbocycles. The number of aliphatic imine (C=N–C) groups is 2. The van der Waals surface area contributed by atoms with Crippen molar-refractivity contribution < 1.29 is 39.0 Å². The van der Waals surface area contributed by atoms with Crippen molar-refractivity contribution in [2.24, 2.45) is 44.6 Å². The number of carbonyl (C=O) groups excluding carboxylic acids is 5. The third-order valence-electron chi connectivity index (χ3n) is 12.8. The van der Waals surface area contributed by atoms with Gasteiger partial charge in [-0.3, -0.25) is 34.0 Å². The first-order valence-corrected chi connectivity index (χ1v) is 23.5. The molecule has 2 fully saturated rings. The monoisotopic (exact) mass is 911 g/mol. The Morgan fingerprint density at radius 2 is 1.35 bits per heavy atom. The number of amides is 5. The Morgan fingerprint density at radius 3 is 2.00 bits per heavy atom. The van der Waals surface area contributed by atoms with Crippen LogP contribution < -0.4 is 44.6 Å². The van der Waals surface area contributed by atoms with Crippen molar-refractivity contribution in [2.45, 2.75) is 165 Å². The fourth-order valence-corrected chi connectivity index (χ4v) is 9.30. The molecule has 1 unspecified atom stereocenters. The summed E-state index contributed by atoms with van der Waals surface area (Å²) in [4.78, 5) is 90.5. The van der Waals surface area contributed by atoms with Gasteiger partial charge in [0.15, 0.2) is 11.9 Å². The predicted molar refractivity (Wildman–Crippen MR) is 246 cm³/mol. The molecule has 2 heterocycles. The lowest BCUT2D eigenvalue weighted by Gasteiger charge is -2.42. The first kappa shape index (κ1) is 52.1. The fraction of sp³-hybridized carbons (Fsp3) is 0.689. The molecule has 0 spiro atoms. The summed E-state index contributed by atoms with van der Waals surface area (Å²) in [6.45, 7) is 0.560. The molecule has 3 aliphatic rings. The molecule has 65 heavy (non-hydrogen) atoms. The molecule has 2 aliphatic heterocycles. The third kappa shape index (κ3) is 16.5. The van der Waals surface area contributed by atoms with Crippen molar-refractivity contribution >= 4 is 47.4 Å². The lowest BCUT2D eigenvalue weighted by Crippen LogP contribution is -2.61. The van der Waals surface area contributed by atoms with E-state index in [-0.39, 0.29) is 61.0 Å². The quantitative estimate of drug-likeness (QED) is 0.0321. The van der Waals surface area contributed by atoms with Gasteiger partial charge in [-0.2, -0.15) is 0 Å². The van der Waals surface area contributed by atoms with Crippen molar-refractivity contribution in [3.63, 3.8) is 0 Å². The highest BCUT2D eigenvalue weighted by molar-refractivity contribution is 5.95. The van der Waals surface area contributed by atoms with Crippen molar-refractivity contribution in [1.82, 2.24) is 25.8 Å². The molecule has 0 bridgehead atoms. The average Bonchev–Trinajstić information content (AvgIpc) is 3.68. The van der Waals surface area contributed by atoms with Crippen molar-refractivity contribution in [3.05, 3.63) is 35.4 Å². The Morgan fingerprint density at radius 1 is 0.738 bits per heavy atom. The van der Waals surface area contributed by atoms with Gasteiger partial charge in [0, 0.05) is 45.1 Å². The normalized spacial score (nSPS) is 20.3. The molecule has 1 saturated carbocycles. The second kappa shape index (κ2) is 27.1. The number of benzene rings is 1. The zero-order valence-corrected chi connectivity index (χ0v) is 37.8. The number of rotatable bonds is 27. The van der Waals surface area contributed by atoms with Crippen LogP contribution in [0.2, 0.25) is 0 Å². The molecule has 1 aromatic rings. The molecule has 1 aliphatic carbocycles. The van der Waals surface area contributed by atoms with E-state index in [2.05, 4.69) is 25.9 Å². The smallest absolute Gasteiger partial charge is 0.326 e. The zero-order valence-electron chi connectivity index (χ0n) is 37.8. The number of carbonyl (C=O) groups is 6. The minimum Gasteiger partial charge on any atom is -0.480 e. The van der Waals surface area contributed by atoms with Gasteiger partial charge in [-0.05, 0) is 74.8 Å². The second-order valence-electron chi connectivity index (χ2n) is 17.6. The zero-order chi connectivity index (χ0) is 47.3. The van der Waals surface area contributed by atoms with Gasteiger partial charge in [-0.15, -0.1) is 0 Å². The summed E-state index contributed by atoms with van der Waals surface area (Å²) in [5, 5.41) is 28.8. The molecular weight excluding hydrogens is 837 g/mol. The van der Waals surface area contributed by atoms with Crippen LogP contribution in [0, 0.1) is 5.92 Å². The minimum atomic E-state index is -1.25. The SMILES string of the molecule is NC(N)=NCCC[C@@H](N)C(=O)N[C@@H](CCCN=C(N)N)C(=O)NCCCCCCCCCCC(=O)N[C@@H](CO)C(=O)N1Cc2ccccc2C[C@@H]1C(=O)N1C(C(=O)O)C[C@@H]2CCCC[C@@H]21. The molecule has 1 saturated heterocycles. The molecule has 20 nitrogen and oxygen atoms in total. The van der Waals surface area contributed by atoms with E-state index in [4.69, 9.17) is 28.7 Å². The number of hydrogen-bond donors (Lipinski definition) is 10. The number of fused-ring (bicyclic) bond motifs is 2. The van der Waals surface area contributed by atoms with Gasteiger partial charge in [-0.25, -0.2) is 4.79 Å². The minimum absolute atomic E-state index is 0.0374. The number of nitrogens with one attached hydrogen (secondary N) is 3. The first-order chi connectivity index (χ1) is 31.2. The summed E-state index contributed by atoms with van der Waals surface area (Å²) >= 11 is 0. The lowest BCUT2D eigenvalue weighted by atomic mass is 9.84. The van der Waals surface area contributed by atoms with Gasteiger partial charge in [0.25, 0.3) is 0 Å². The van der Waals surface area contributed by atoms with Gasteiger partial charge < -0.3 is 64.6 Å². The summed E-state index contributed by atoms with van der Waals surface area (Å²) in [7, 11) is 0. The number of aliphatic hydroxyl groups is 1. The summed E-state index contributed by atoms with van der Waals surface area (Å²) in [6.07, 6.45) is 12.8. The number of nitrogens with zero attached hydrogens (tertiary/aromatic N) is 4. The van der Waals surface area contributed by atoms with Crippen molar-refractivity contribution in [2.75, 3.05) is 26.2 Å². The van der Waals surface area contributed by atoms with E-state index in [0.717, 1.165) is 81.8 Å². The van der Waals surface area contributed by atoms with E-state index in [1.165, 1.54) is 9.80 Å². The number of carboxylic acids is 1. The molecule has 362 valence electrons.